The molecular weight excluding hydrogens is 122 g/mol. The maximum absolute atomic E-state index is 9.65. The van der Waals surface area contributed by atoms with Crippen molar-refractivity contribution in [3.05, 3.63) is 0 Å². The second-order valence-corrected chi connectivity index (χ2v) is 2.13. The molecule has 2 nitrogen and oxygen atoms in total. The van der Waals surface area contributed by atoms with Gasteiger partial charge in [0.2, 0.25) is 0 Å². The molecule has 0 bridgehead atoms. The number of carbonyl (C=O) groups is 1. The Morgan fingerprint density at radius 1 is 1.62 bits per heavy atom. The number of rotatable bonds is 0. The van der Waals surface area contributed by atoms with Crippen LogP contribution in [0.2, 0.25) is 0 Å². The Morgan fingerprint density at radius 2 is 1.75 bits per heavy atom. The smallest absolute Gasteiger partial charge is 0.200 e. The Labute approximate surface area is 55.0 Å². The summed E-state index contributed by atoms with van der Waals surface area (Å²) in [6.45, 7) is 5.67. The number of nitrogens with two attached hydrogens (primary N) is 1. The zero-order chi connectivity index (χ0) is 6.99. The third-order valence-electron chi connectivity index (χ3n) is 0.166. The maximum Gasteiger partial charge on any atom is 0.200 e. The fourth-order valence-electron chi connectivity index (χ4n) is 0. The van der Waals surface area contributed by atoms with Crippen LogP contribution in [-0.2, 0) is 4.79 Å². The van der Waals surface area contributed by atoms with E-state index in [-0.39, 0.29) is 5.12 Å². The van der Waals surface area contributed by atoms with Crippen LogP contribution in [0.4, 0.5) is 0 Å². The van der Waals surface area contributed by atoms with E-state index in [0.29, 0.717) is 0 Å². The molecule has 0 fully saturated rings. The van der Waals surface area contributed by atoms with E-state index in [4.69, 9.17) is 5.14 Å². The zero-order valence-corrected chi connectivity index (χ0v) is 6.42. The van der Waals surface area contributed by atoms with Gasteiger partial charge in [-0.25, -0.2) is 0 Å². The van der Waals surface area contributed by atoms with Crippen molar-refractivity contribution in [2.45, 2.75) is 27.2 Å². The fourth-order valence-corrected chi connectivity index (χ4v) is 0. The van der Waals surface area contributed by atoms with E-state index in [1.165, 1.54) is 13.3 Å². The SMILES string of the molecule is CC(=O)SN.CCC. The second-order valence-electron chi connectivity index (χ2n) is 1.32. The van der Waals surface area contributed by atoms with Gasteiger partial charge in [-0.05, 0) is 11.9 Å². The fraction of sp³-hybridized carbons (Fsp3) is 0.800. The topological polar surface area (TPSA) is 43.1 Å². The molecule has 0 aliphatic heterocycles. The molecule has 0 aliphatic carbocycles. The summed E-state index contributed by atoms with van der Waals surface area (Å²) in [7, 11) is 0. The van der Waals surface area contributed by atoms with Crippen LogP contribution in [0.1, 0.15) is 27.2 Å². The summed E-state index contributed by atoms with van der Waals surface area (Å²) in [5.74, 6) is 0. The summed E-state index contributed by atoms with van der Waals surface area (Å²) in [5.41, 5.74) is 0. The van der Waals surface area contributed by atoms with E-state index in [1.54, 1.807) is 0 Å². The third-order valence-corrected chi connectivity index (χ3v) is 0.498. The van der Waals surface area contributed by atoms with Gasteiger partial charge in [0, 0.05) is 6.92 Å². The van der Waals surface area contributed by atoms with Crippen molar-refractivity contribution in [1.82, 2.24) is 0 Å². The molecule has 3 heteroatoms. The van der Waals surface area contributed by atoms with Crippen LogP contribution >= 0.6 is 11.9 Å². The molecule has 0 saturated heterocycles. The minimum atomic E-state index is -0.0509. The van der Waals surface area contributed by atoms with Gasteiger partial charge in [0.1, 0.15) is 0 Å². The summed E-state index contributed by atoms with van der Waals surface area (Å²) < 4.78 is 0. The summed E-state index contributed by atoms with van der Waals surface area (Å²) in [6, 6.07) is 0. The number of hydrogen-bond acceptors (Lipinski definition) is 3. The lowest BCUT2D eigenvalue weighted by molar-refractivity contribution is -0.109. The molecule has 0 amide bonds. The van der Waals surface area contributed by atoms with Crippen LogP contribution in [0.25, 0.3) is 0 Å². The molecule has 0 saturated carbocycles. The molecule has 0 spiro atoms. The lowest BCUT2D eigenvalue weighted by Gasteiger charge is -1.72. The summed E-state index contributed by atoms with van der Waals surface area (Å²) >= 11 is 0.741. The van der Waals surface area contributed by atoms with Gasteiger partial charge in [-0.15, -0.1) is 0 Å². The first-order chi connectivity index (χ1) is 3.68. The normalized spacial score (nSPS) is 7.00. The highest BCUT2D eigenvalue weighted by Crippen LogP contribution is 1.81. The van der Waals surface area contributed by atoms with Gasteiger partial charge in [-0.1, -0.05) is 20.3 Å². The number of hydrogen-bond donors (Lipinski definition) is 1. The first-order valence-corrected chi connectivity index (χ1v) is 3.44. The van der Waals surface area contributed by atoms with Gasteiger partial charge in [0.05, 0.1) is 0 Å². The van der Waals surface area contributed by atoms with Crippen molar-refractivity contribution in [3.63, 3.8) is 0 Å². The molecule has 2 N–H and O–H groups in total. The van der Waals surface area contributed by atoms with Crippen LogP contribution in [0.15, 0.2) is 0 Å². The molecule has 8 heavy (non-hydrogen) atoms. The Morgan fingerprint density at radius 3 is 1.75 bits per heavy atom. The summed E-state index contributed by atoms with van der Waals surface area (Å²) in [5, 5.41) is 4.69. The Balaban J connectivity index is 0. The molecule has 0 unspecified atom stereocenters. The number of carbonyl (C=O) groups excluding carboxylic acids is 1. The molecule has 0 aliphatic rings. The predicted molar refractivity (Wildman–Crippen MR) is 38.4 cm³/mol. The highest BCUT2D eigenvalue weighted by molar-refractivity contribution is 8.11. The average molecular weight is 135 g/mol. The lowest BCUT2D eigenvalue weighted by atomic mass is 10.6. The van der Waals surface area contributed by atoms with E-state index < -0.39 is 0 Å². The quantitative estimate of drug-likeness (QED) is 0.512. The molecule has 0 heterocycles. The molecular formula is C5H13NOS. The lowest BCUT2D eigenvalue weighted by Crippen LogP contribution is -1.85. The molecule has 0 radical (unpaired) electrons. The first-order valence-electron chi connectivity index (χ1n) is 2.56. The van der Waals surface area contributed by atoms with Crippen LogP contribution in [-0.4, -0.2) is 5.12 Å². The van der Waals surface area contributed by atoms with Crippen molar-refractivity contribution < 1.29 is 4.79 Å². The van der Waals surface area contributed by atoms with Crippen LogP contribution in [0.5, 0.6) is 0 Å². The van der Waals surface area contributed by atoms with Crippen molar-refractivity contribution in [2.24, 2.45) is 5.14 Å². The third kappa shape index (κ3) is 37.8. The van der Waals surface area contributed by atoms with Crippen molar-refractivity contribution in [2.75, 3.05) is 0 Å². The largest absolute Gasteiger partial charge is 0.286 e. The van der Waals surface area contributed by atoms with Gasteiger partial charge in [-0.3, -0.25) is 9.93 Å². The average Bonchev–Trinajstić information content (AvgIpc) is 1.69. The second kappa shape index (κ2) is 10.1. The molecule has 0 aromatic rings. The minimum absolute atomic E-state index is 0.0509. The van der Waals surface area contributed by atoms with Gasteiger partial charge < -0.3 is 0 Å². The standard InChI is InChI=1S/C3H8.C2H5NOS/c1-3-2;1-2(4)5-3/h3H2,1-2H3;3H2,1H3. The Kier molecular flexibility index (Phi) is 13.7. The Bertz CT molecular complexity index is 56.4. The summed E-state index contributed by atoms with van der Waals surface area (Å²) in [6.07, 6.45) is 1.25. The van der Waals surface area contributed by atoms with E-state index in [1.807, 2.05) is 0 Å². The van der Waals surface area contributed by atoms with Gasteiger partial charge >= 0.3 is 0 Å². The Hall–Kier alpha value is -0.0200. The van der Waals surface area contributed by atoms with Gasteiger partial charge in [0.25, 0.3) is 0 Å². The zero-order valence-electron chi connectivity index (χ0n) is 5.60. The first kappa shape index (κ1) is 10.9. The van der Waals surface area contributed by atoms with Gasteiger partial charge in [-0.2, -0.15) is 0 Å². The maximum atomic E-state index is 9.65. The van der Waals surface area contributed by atoms with Crippen molar-refractivity contribution >= 4 is 17.1 Å². The molecule has 50 valence electrons. The monoisotopic (exact) mass is 135 g/mol. The van der Waals surface area contributed by atoms with E-state index in [9.17, 15) is 4.79 Å². The van der Waals surface area contributed by atoms with Gasteiger partial charge in [0.15, 0.2) is 5.12 Å². The summed E-state index contributed by atoms with van der Waals surface area (Å²) in [4.78, 5) is 9.65. The molecule has 0 rings (SSSR count). The highest BCUT2D eigenvalue weighted by Gasteiger charge is 1.78. The van der Waals surface area contributed by atoms with Crippen LogP contribution < -0.4 is 5.14 Å². The molecule has 0 atom stereocenters. The van der Waals surface area contributed by atoms with Crippen LogP contribution in [0.3, 0.4) is 0 Å². The van der Waals surface area contributed by atoms with Crippen molar-refractivity contribution in [3.8, 4) is 0 Å². The molecule has 0 aromatic carbocycles. The van der Waals surface area contributed by atoms with E-state index in [2.05, 4.69) is 13.8 Å². The van der Waals surface area contributed by atoms with E-state index >= 15 is 0 Å². The van der Waals surface area contributed by atoms with E-state index in [0.717, 1.165) is 11.9 Å². The van der Waals surface area contributed by atoms with Crippen LogP contribution in [0, 0.1) is 0 Å². The predicted octanol–water partition coefficient (Wildman–Crippen LogP) is 1.56. The molecule has 0 aromatic heterocycles. The minimum Gasteiger partial charge on any atom is -0.286 e. The van der Waals surface area contributed by atoms with Crippen molar-refractivity contribution in [1.29, 1.82) is 0 Å². The highest BCUT2D eigenvalue weighted by atomic mass is 32.2.